The van der Waals surface area contributed by atoms with Crippen LogP contribution in [-0.4, -0.2) is 3.31 Å². The van der Waals surface area contributed by atoms with Crippen molar-refractivity contribution >= 4 is 46.9 Å². The van der Waals surface area contributed by atoms with Crippen molar-refractivity contribution in [3.8, 4) is 5.75 Å². The molecule has 64 valence electrons. The Morgan fingerprint density at radius 2 is 1.83 bits per heavy atom. The third-order valence-corrected chi connectivity index (χ3v) is 6.18. The van der Waals surface area contributed by atoms with E-state index in [1.54, 1.807) is 0 Å². The van der Waals surface area contributed by atoms with Crippen molar-refractivity contribution in [1.82, 2.24) is 0 Å². The molecule has 0 saturated carbocycles. The van der Waals surface area contributed by atoms with Gasteiger partial charge in [-0.15, -0.1) is 6.58 Å². The molecule has 0 aromatic heterocycles. The Hall–Kier alpha value is 0.437. The molecule has 0 radical (unpaired) electrons. The van der Waals surface area contributed by atoms with Crippen molar-refractivity contribution in [1.29, 1.82) is 0 Å². The zero-order valence-corrected chi connectivity index (χ0v) is 11.7. The molecule has 0 aliphatic rings. The second-order valence-electron chi connectivity index (χ2n) is 2.18. The summed E-state index contributed by atoms with van der Waals surface area (Å²) in [5.74, 6) is 0.924. The maximum absolute atomic E-state index is 5.75. The van der Waals surface area contributed by atoms with Gasteiger partial charge in [0.15, 0.2) is 0 Å². The van der Waals surface area contributed by atoms with Crippen LogP contribution in [0, 0.1) is 0 Å². The quantitative estimate of drug-likeness (QED) is 0.427. The van der Waals surface area contributed by atoms with Crippen LogP contribution in [0.15, 0.2) is 42.6 Å². The molecule has 1 nitrogen and oxygen atoms in total. The summed E-state index contributed by atoms with van der Waals surface area (Å²) >= 11 is 4.66. The van der Waals surface area contributed by atoms with Gasteiger partial charge in [-0.2, -0.15) is 0 Å². The van der Waals surface area contributed by atoms with Gasteiger partial charge in [-0.25, -0.2) is 0 Å². The molecule has 0 saturated heterocycles. The summed E-state index contributed by atoms with van der Waals surface area (Å²) in [6, 6.07) is 9.84. The fourth-order valence-electron chi connectivity index (χ4n) is 0.687. The molecule has 0 fully saturated rings. The fourth-order valence-corrected chi connectivity index (χ4v) is 2.75. The molecular formula is C8H8I2OSi. The zero-order chi connectivity index (χ0) is 9.03. The summed E-state index contributed by atoms with van der Waals surface area (Å²) in [5.41, 5.74) is 1.90. The van der Waals surface area contributed by atoms with Crippen LogP contribution in [-0.2, 0) is 0 Å². The largest absolute Gasteiger partial charge is 0.523 e. The molecule has 1 rings (SSSR count). The first-order chi connectivity index (χ1) is 5.64. The number of para-hydroxylation sites is 1. The van der Waals surface area contributed by atoms with Crippen molar-refractivity contribution in [2.45, 2.75) is 0 Å². The summed E-state index contributed by atoms with van der Waals surface area (Å²) in [7, 11) is 0. The van der Waals surface area contributed by atoms with E-state index in [1.165, 1.54) is 0 Å². The molecule has 1 aromatic carbocycles. The lowest BCUT2D eigenvalue weighted by Crippen LogP contribution is -2.23. The van der Waals surface area contributed by atoms with Gasteiger partial charge in [-0.3, -0.25) is 0 Å². The molecule has 0 spiro atoms. The SMILES string of the molecule is C=C[Si](I)(I)Oc1ccccc1. The molecular weight excluding hydrogens is 394 g/mol. The summed E-state index contributed by atoms with van der Waals surface area (Å²) in [4.78, 5) is 0. The molecule has 0 heterocycles. The van der Waals surface area contributed by atoms with E-state index in [0.29, 0.717) is 0 Å². The monoisotopic (exact) mass is 402 g/mol. The van der Waals surface area contributed by atoms with E-state index in [2.05, 4.69) is 50.2 Å². The Bertz CT molecular complexity index is 261. The van der Waals surface area contributed by atoms with Crippen LogP contribution in [0.2, 0.25) is 0 Å². The Morgan fingerprint density at radius 1 is 1.25 bits per heavy atom. The van der Waals surface area contributed by atoms with Crippen molar-refractivity contribution in [2.75, 3.05) is 0 Å². The third-order valence-electron chi connectivity index (χ3n) is 1.23. The standard InChI is InChI=1S/C8H8I2OSi/c1-2-12(9,10)11-8-6-4-3-5-7-8/h2-7H,1H2. The van der Waals surface area contributed by atoms with Gasteiger partial charge in [0.1, 0.15) is 5.75 Å². The first-order valence-corrected chi connectivity index (χ1v) is 11.6. The van der Waals surface area contributed by atoms with E-state index in [4.69, 9.17) is 4.43 Å². The number of halogens is 2. The first-order valence-electron chi connectivity index (χ1n) is 3.39. The van der Waals surface area contributed by atoms with Crippen LogP contribution in [0.25, 0.3) is 0 Å². The van der Waals surface area contributed by atoms with Gasteiger partial charge in [0.05, 0.1) is 0 Å². The van der Waals surface area contributed by atoms with Crippen LogP contribution in [0.3, 0.4) is 0 Å². The van der Waals surface area contributed by atoms with E-state index in [-0.39, 0.29) is 0 Å². The third kappa shape index (κ3) is 3.44. The molecule has 1 aromatic rings. The normalized spacial score (nSPS) is 10.8. The highest BCUT2D eigenvalue weighted by Gasteiger charge is 2.25. The maximum atomic E-state index is 5.75. The lowest BCUT2D eigenvalue weighted by atomic mass is 10.3. The number of rotatable bonds is 3. The summed E-state index contributed by atoms with van der Waals surface area (Å²) < 4.78 is 4.03. The Kier molecular flexibility index (Phi) is 4.04. The topological polar surface area (TPSA) is 9.23 Å². The van der Waals surface area contributed by atoms with E-state index in [0.717, 1.165) is 5.75 Å². The highest BCUT2D eigenvalue weighted by Crippen LogP contribution is 2.26. The average Bonchev–Trinajstić information content (AvgIpc) is 2.06. The van der Waals surface area contributed by atoms with Gasteiger partial charge in [-0.05, 0) is 17.8 Å². The van der Waals surface area contributed by atoms with Crippen LogP contribution >= 0.6 is 43.6 Å². The van der Waals surface area contributed by atoms with E-state index in [9.17, 15) is 0 Å². The van der Waals surface area contributed by atoms with Crippen LogP contribution < -0.4 is 4.43 Å². The smallest absolute Gasteiger partial charge is 0.407 e. The molecule has 0 aliphatic carbocycles. The minimum absolute atomic E-state index is 0.924. The molecule has 0 aliphatic heterocycles. The van der Waals surface area contributed by atoms with E-state index >= 15 is 0 Å². The number of benzene rings is 1. The summed E-state index contributed by atoms with van der Waals surface area (Å²) in [5, 5.41) is 0. The van der Waals surface area contributed by atoms with Gasteiger partial charge in [0, 0.05) is 0 Å². The van der Waals surface area contributed by atoms with Gasteiger partial charge in [0.2, 0.25) is 0 Å². The minimum atomic E-state index is -1.71. The molecule has 0 unspecified atom stereocenters. The molecule has 0 bridgehead atoms. The molecule has 4 heteroatoms. The van der Waals surface area contributed by atoms with Gasteiger partial charge in [0.25, 0.3) is 0 Å². The zero-order valence-electron chi connectivity index (χ0n) is 6.34. The second kappa shape index (κ2) is 4.61. The Labute approximate surface area is 98.8 Å². The van der Waals surface area contributed by atoms with Gasteiger partial charge >= 0.3 is 3.31 Å². The maximum Gasteiger partial charge on any atom is 0.407 e. The van der Waals surface area contributed by atoms with Crippen molar-refractivity contribution in [3.63, 3.8) is 0 Å². The first kappa shape index (κ1) is 10.5. The number of hydrogen-bond donors (Lipinski definition) is 0. The molecule has 0 atom stereocenters. The average molecular weight is 402 g/mol. The van der Waals surface area contributed by atoms with Crippen LogP contribution in [0.4, 0.5) is 0 Å². The highest BCUT2D eigenvalue weighted by atomic mass is 127. The molecule has 12 heavy (non-hydrogen) atoms. The van der Waals surface area contributed by atoms with E-state index in [1.807, 2.05) is 36.0 Å². The summed E-state index contributed by atoms with van der Waals surface area (Å²) in [6.07, 6.45) is 0. The van der Waals surface area contributed by atoms with Crippen LogP contribution in [0.5, 0.6) is 5.75 Å². The van der Waals surface area contributed by atoms with Gasteiger partial charge in [-0.1, -0.05) is 61.8 Å². The van der Waals surface area contributed by atoms with Gasteiger partial charge < -0.3 is 4.43 Å². The van der Waals surface area contributed by atoms with E-state index < -0.39 is 3.31 Å². The lowest BCUT2D eigenvalue weighted by Gasteiger charge is -2.15. The second-order valence-corrected chi connectivity index (χ2v) is 19.7. The van der Waals surface area contributed by atoms with Crippen LogP contribution in [0.1, 0.15) is 0 Å². The highest BCUT2D eigenvalue weighted by molar-refractivity contribution is 14.3. The fraction of sp³-hybridized carbons (Fsp3) is 0. The van der Waals surface area contributed by atoms with Crippen molar-refractivity contribution in [2.24, 2.45) is 0 Å². The predicted molar refractivity (Wildman–Crippen MR) is 71.1 cm³/mol. The summed E-state index contributed by atoms with van der Waals surface area (Å²) in [6.45, 7) is 3.75. The molecule has 0 N–H and O–H groups in total. The predicted octanol–water partition coefficient (Wildman–Crippen LogP) is 3.60. The van der Waals surface area contributed by atoms with Crippen molar-refractivity contribution < 1.29 is 4.43 Å². The molecule has 0 amide bonds. The minimum Gasteiger partial charge on any atom is -0.523 e. The Balaban J connectivity index is 2.70. The Morgan fingerprint density at radius 3 is 2.33 bits per heavy atom. The van der Waals surface area contributed by atoms with Crippen molar-refractivity contribution in [3.05, 3.63) is 42.6 Å². The lowest BCUT2D eigenvalue weighted by molar-refractivity contribution is 0.599. The number of hydrogen-bond acceptors (Lipinski definition) is 1.